The van der Waals surface area contributed by atoms with E-state index in [1.807, 2.05) is 35.9 Å². The van der Waals surface area contributed by atoms with Crippen LogP contribution in [0.15, 0.2) is 54.6 Å². The van der Waals surface area contributed by atoms with Gasteiger partial charge in [0, 0.05) is 30.5 Å². The Labute approximate surface area is 170 Å². The smallest absolute Gasteiger partial charge is 0.253 e. The number of nitrogens with one attached hydrogen (secondary N) is 1. The summed E-state index contributed by atoms with van der Waals surface area (Å²) < 4.78 is 1.88. The van der Waals surface area contributed by atoms with Crippen molar-refractivity contribution in [1.82, 2.24) is 19.9 Å². The van der Waals surface area contributed by atoms with Gasteiger partial charge >= 0.3 is 0 Å². The highest BCUT2D eigenvalue weighted by atomic mass is 16.1. The molecule has 6 nitrogen and oxygen atoms in total. The van der Waals surface area contributed by atoms with Crippen molar-refractivity contribution in [3.63, 3.8) is 0 Å². The highest BCUT2D eigenvalue weighted by molar-refractivity contribution is 6.08. The van der Waals surface area contributed by atoms with E-state index in [-0.39, 0.29) is 5.91 Å². The van der Waals surface area contributed by atoms with Gasteiger partial charge in [0.15, 0.2) is 0 Å². The first-order chi connectivity index (χ1) is 14.1. The normalized spacial score (nSPS) is 20.8. The topological polar surface area (TPSA) is 85.8 Å². The molecule has 1 amide bonds. The van der Waals surface area contributed by atoms with Crippen LogP contribution in [-0.4, -0.2) is 27.0 Å². The third-order valence-corrected chi connectivity index (χ3v) is 5.91. The van der Waals surface area contributed by atoms with E-state index in [0.29, 0.717) is 29.9 Å². The SMILES string of the molecule is Cc1cccc2c1c(C(=O)NCC1CC(C)CC/C1=C\N)cn2-c1ncccn1. The zero-order valence-electron chi connectivity index (χ0n) is 16.9. The highest BCUT2D eigenvalue weighted by Crippen LogP contribution is 2.32. The van der Waals surface area contributed by atoms with Crippen LogP contribution in [0.5, 0.6) is 0 Å². The van der Waals surface area contributed by atoms with Crippen LogP contribution in [-0.2, 0) is 0 Å². The zero-order chi connectivity index (χ0) is 20.4. The second kappa shape index (κ2) is 8.07. The van der Waals surface area contributed by atoms with Gasteiger partial charge in [-0.3, -0.25) is 9.36 Å². The molecule has 2 aromatic heterocycles. The minimum atomic E-state index is -0.0754. The summed E-state index contributed by atoms with van der Waals surface area (Å²) in [5, 5.41) is 4.08. The van der Waals surface area contributed by atoms with E-state index in [4.69, 9.17) is 5.73 Å². The number of aryl methyl sites for hydroxylation is 1. The lowest BCUT2D eigenvalue weighted by atomic mass is 9.79. The Morgan fingerprint density at radius 2 is 2.10 bits per heavy atom. The van der Waals surface area contributed by atoms with E-state index in [1.165, 1.54) is 5.57 Å². The first kappa shape index (κ1) is 19.2. The number of carbonyl (C=O) groups excluding carboxylic acids is 1. The Bertz CT molecular complexity index is 1050. The molecule has 0 bridgehead atoms. The molecule has 3 aromatic rings. The van der Waals surface area contributed by atoms with Crippen molar-refractivity contribution in [2.24, 2.45) is 17.6 Å². The number of rotatable bonds is 4. The number of nitrogens with zero attached hydrogens (tertiary/aromatic N) is 3. The lowest BCUT2D eigenvalue weighted by molar-refractivity contribution is 0.0947. The molecule has 1 saturated carbocycles. The van der Waals surface area contributed by atoms with Crippen molar-refractivity contribution in [2.45, 2.75) is 33.1 Å². The fourth-order valence-corrected chi connectivity index (χ4v) is 4.34. The summed E-state index contributed by atoms with van der Waals surface area (Å²) in [6.07, 6.45) is 10.2. The van der Waals surface area contributed by atoms with E-state index >= 15 is 0 Å². The molecule has 3 N–H and O–H groups in total. The van der Waals surface area contributed by atoms with Crippen molar-refractivity contribution in [3.8, 4) is 5.95 Å². The summed E-state index contributed by atoms with van der Waals surface area (Å²) in [4.78, 5) is 21.9. The number of benzene rings is 1. The molecule has 2 unspecified atom stereocenters. The molecule has 0 radical (unpaired) electrons. The van der Waals surface area contributed by atoms with Crippen LogP contribution in [0, 0.1) is 18.8 Å². The molecule has 2 heterocycles. The van der Waals surface area contributed by atoms with Gasteiger partial charge in [-0.2, -0.15) is 0 Å². The Kier molecular flexibility index (Phi) is 5.34. The van der Waals surface area contributed by atoms with Crippen LogP contribution in [0.2, 0.25) is 0 Å². The van der Waals surface area contributed by atoms with Crippen molar-refractivity contribution in [3.05, 3.63) is 65.8 Å². The highest BCUT2D eigenvalue weighted by Gasteiger charge is 2.25. The zero-order valence-corrected chi connectivity index (χ0v) is 16.9. The van der Waals surface area contributed by atoms with E-state index in [9.17, 15) is 4.79 Å². The van der Waals surface area contributed by atoms with E-state index < -0.39 is 0 Å². The maximum Gasteiger partial charge on any atom is 0.253 e. The first-order valence-corrected chi connectivity index (χ1v) is 10.2. The van der Waals surface area contributed by atoms with Gasteiger partial charge in [0.1, 0.15) is 0 Å². The fourth-order valence-electron chi connectivity index (χ4n) is 4.34. The molecule has 1 aromatic carbocycles. The summed E-state index contributed by atoms with van der Waals surface area (Å²) in [6, 6.07) is 7.78. The number of fused-ring (bicyclic) bond motifs is 1. The van der Waals surface area contributed by atoms with Crippen LogP contribution in [0.4, 0.5) is 0 Å². The molecule has 1 fully saturated rings. The number of amides is 1. The van der Waals surface area contributed by atoms with Crippen LogP contribution in [0.25, 0.3) is 16.9 Å². The minimum absolute atomic E-state index is 0.0754. The molecule has 0 aliphatic heterocycles. The second-order valence-corrected chi connectivity index (χ2v) is 7.96. The number of hydrogen-bond donors (Lipinski definition) is 2. The van der Waals surface area contributed by atoms with Crippen LogP contribution in [0.1, 0.15) is 42.1 Å². The molecule has 2 atom stereocenters. The van der Waals surface area contributed by atoms with Crippen molar-refractivity contribution in [2.75, 3.05) is 6.54 Å². The Morgan fingerprint density at radius 3 is 2.86 bits per heavy atom. The van der Waals surface area contributed by atoms with Gasteiger partial charge in [-0.05, 0) is 67.5 Å². The molecule has 0 saturated heterocycles. The maximum atomic E-state index is 13.2. The third-order valence-electron chi connectivity index (χ3n) is 5.91. The molecule has 1 aliphatic carbocycles. The van der Waals surface area contributed by atoms with E-state index in [1.54, 1.807) is 24.7 Å². The molecule has 150 valence electrons. The lowest BCUT2D eigenvalue weighted by Gasteiger charge is -2.29. The van der Waals surface area contributed by atoms with Crippen molar-refractivity contribution < 1.29 is 4.79 Å². The number of aromatic nitrogens is 3. The van der Waals surface area contributed by atoms with Crippen molar-refractivity contribution in [1.29, 1.82) is 0 Å². The molecule has 29 heavy (non-hydrogen) atoms. The average molecular weight is 390 g/mol. The first-order valence-electron chi connectivity index (χ1n) is 10.2. The molecule has 1 aliphatic rings. The van der Waals surface area contributed by atoms with Gasteiger partial charge in [0.05, 0.1) is 11.1 Å². The summed E-state index contributed by atoms with van der Waals surface area (Å²) >= 11 is 0. The average Bonchev–Trinajstić information content (AvgIpc) is 3.14. The van der Waals surface area contributed by atoms with E-state index in [2.05, 4.69) is 22.2 Å². The van der Waals surface area contributed by atoms with Gasteiger partial charge in [-0.15, -0.1) is 0 Å². The minimum Gasteiger partial charge on any atom is -0.405 e. The molecule has 6 heteroatoms. The van der Waals surface area contributed by atoms with Crippen LogP contribution < -0.4 is 11.1 Å². The summed E-state index contributed by atoms with van der Waals surface area (Å²) in [7, 11) is 0. The van der Waals surface area contributed by atoms with Crippen molar-refractivity contribution >= 4 is 16.8 Å². The Morgan fingerprint density at radius 1 is 1.31 bits per heavy atom. The predicted molar refractivity (Wildman–Crippen MR) is 115 cm³/mol. The van der Waals surface area contributed by atoms with E-state index in [0.717, 1.165) is 35.7 Å². The molecular formula is C23H27N5O. The number of carbonyl (C=O) groups is 1. The molecule has 4 rings (SSSR count). The predicted octanol–water partition coefficient (Wildman–Crippen LogP) is 3.74. The summed E-state index contributed by atoms with van der Waals surface area (Å²) in [5.74, 6) is 1.43. The standard InChI is InChI=1S/C23H27N5O/c1-15-7-8-17(12-24)18(11-15)13-27-22(29)19-14-28(23-25-9-4-10-26-23)20-6-3-5-16(2)21(19)20/h3-6,9-10,12,14-15,18H,7-8,11,13,24H2,1-2H3,(H,27,29)/b17-12+. The number of hydrogen-bond acceptors (Lipinski definition) is 4. The fraction of sp³-hybridized carbons (Fsp3) is 0.348. The third kappa shape index (κ3) is 3.75. The molecular weight excluding hydrogens is 362 g/mol. The Balaban J connectivity index is 1.64. The van der Waals surface area contributed by atoms with Gasteiger partial charge < -0.3 is 11.1 Å². The van der Waals surface area contributed by atoms with Gasteiger partial charge in [-0.1, -0.05) is 19.1 Å². The van der Waals surface area contributed by atoms with Gasteiger partial charge in [0.25, 0.3) is 5.91 Å². The van der Waals surface area contributed by atoms with Crippen LogP contribution >= 0.6 is 0 Å². The monoisotopic (exact) mass is 389 g/mol. The largest absolute Gasteiger partial charge is 0.405 e. The maximum absolute atomic E-state index is 13.2. The quantitative estimate of drug-likeness (QED) is 0.712. The van der Waals surface area contributed by atoms with Crippen LogP contribution in [0.3, 0.4) is 0 Å². The van der Waals surface area contributed by atoms with Gasteiger partial charge in [0.2, 0.25) is 5.95 Å². The molecule has 0 spiro atoms. The Hall–Kier alpha value is -3.15. The summed E-state index contributed by atoms with van der Waals surface area (Å²) in [6.45, 7) is 4.89. The summed E-state index contributed by atoms with van der Waals surface area (Å²) in [5.41, 5.74) is 9.70. The van der Waals surface area contributed by atoms with Gasteiger partial charge in [-0.25, -0.2) is 9.97 Å². The second-order valence-electron chi connectivity index (χ2n) is 7.96. The number of nitrogens with two attached hydrogens (primary N) is 1. The lowest BCUT2D eigenvalue weighted by Crippen LogP contribution is -2.32.